The summed E-state index contributed by atoms with van der Waals surface area (Å²) in [6.07, 6.45) is 25.6. The number of unbranched alkanes of at least 4 members (excludes halogenated alkanes) is 16. The molecule has 0 aliphatic rings. The molecule has 270 valence electrons. The number of amides is 3. The number of rotatable bonds is 34. The minimum atomic E-state index is 0.0540. The lowest BCUT2D eigenvalue weighted by Gasteiger charge is -2.28. The predicted molar refractivity (Wildman–Crippen MR) is 194 cm³/mol. The maximum atomic E-state index is 13.3. The van der Waals surface area contributed by atoms with Crippen LogP contribution >= 0.6 is 0 Å². The highest BCUT2D eigenvalue weighted by molar-refractivity contribution is 5.79. The summed E-state index contributed by atoms with van der Waals surface area (Å²) < 4.78 is 0. The molecule has 0 saturated heterocycles. The largest absolute Gasteiger partial charge is 0.354 e. The highest BCUT2D eigenvalue weighted by Crippen LogP contribution is 2.12. The summed E-state index contributed by atoms with van der Waals surface area (Å²) in [7, 11) is 0. The summed E-state index contributed by atoms with van der Waals surface area (Å²) in [6, 6.07) is 0. The Morgan fingerprint density at radius 1 is 0.391 bits per heavy atom. The molecule has 0 aliphatic carbocycles. The SMILES string of the molecule is CCCCCCCC(=O)CCCN(CCN(CCNC(=O)CCCCCCC)C(=O)CCCCCCC)C(=O)CCCCCCC. The van der Waals surface area contributed by atoms with Gasteiger partial charge in [-0.05, 0) is 32.1 Å². The first-order chi connectivity index (χ1) is 22.4. The normalized spacial score (nSPS) is 11.0. The average Bonchev–Trinajstić information content (AvgIpc) is 3.04. The van der Waals surface area contributed by atoms with Crippen LogP contribution in [-0.4, -0.2) is 66.0 Å². The van der Waals surface area contributed by atoms with Gasteiger partial charge in [0.05, 0.1) is 0 Å². The van der Waals surface area contributed by atoms with Crippen molar-refractivity contribution >= 4 is 23.5 Å². The van der Waals surface area contributed by atoms with Crippen molar-refractivity contribution in [2.45, 2.75) is 195 Å². The lowest BCUT2D eigenvalue weighted by molar-refractivity contribution is -0.135. The number of ketones is 1. The number of carbonyl (C=O) groups excluding carboxylic acids is 4. The van der Waals surface area contributed by atoms with Crippen molar-refractivity contribution in [2.24, 2.45) is 0 Å². The molecule has 0 fully saturated rings. The predicted octanol–water partition coefficient (Wildman–Crippen LogP) is 9.55. The van der Waals surface area contributed by atoms with Gasteiger partial charge in [-0.15, -0.1) is 0 Å². The van der Waals surface area contributed by atoms with Crippen LogP contribution < -0.4 is 5.32 Å². The number of nitrogens with one attached hydrogen (secondary N) is 1. The van der Waals surface area contributed by atoms with E-state index in [-0.39, 0.29) is 17.7 Å². The molecular weight excluding hydrogens is 574 g/mol. The molecule has 0 aromatic rings. The number of nitrogens with zero attached hydrogens (tertiary/aromatic N) is 2. The van der Waals surface area contributed by atoms with Crippen LogP contribution in [0.25, 0.3) is 0 Å². The van der Waals surface area contributed by atoms with Crippen LogP contribution in [0.2, 0.25) is 0 Å². The highest BCUT2D eigenvalue weighted by atomic mass is 16.2. The Morgan fingerprint density at radius 2 is 0.761 bits per heavy atom. The molecule has 0 atom stereocenters. The van der Waals surface area contributed by atoms with E-state index in [0.29, 0.717) is 77.0 Å². The molecule has 0 spiro atoms. The molecule has 0 aromatic heterocycles. The second kappa shape index (κ2) is 33.0. The van der Waals surface area contributed by atoms with Crippen molar-refractivity contribution in [3.63, 3.8) is 0 Å². The van der Waals surface area contributed by atoms with E-state index in [2.05, 4.69) is 33.0 Å². The van der Waals surface area contributed by atoms with Gasteiger partial charge in [0.25, 0.3) is 0 Å². The van der Waals surface area contributed by atoms with Crippen molar-refractivity contribution in [1.29, 1.82) is 0 Å². The van der Waals surface area contributed by atoms with Crippen LogP contribution in [0.15, 0.2) is 0 Å². The zero-order chi connectivity index (χ0) is 34.1. The summed E-state index contributed by atoms with van der Waals surface area (Å²) in [6.45, 7) is 11.2. The first-order valence-electron chi connectivity index (χ1n) is 19.7. The van der Waals surface area contributed by atoms with Crippen LogP contribution in [-0.2, 0) is 19.2 Å². The maximum absolute atomic E-state index is 13.3. The van der Waals surface area contributed by atoms with E-state index in [1.807, 2.05) is 9.80 Å². The van der Waals surface area contributed by atoms with Crippen LogP contribution in [0.4, 0.5) is 0 Å². The van der Waals surface area contributed by atoms with Gasteiger partial charge < -0.3 is 15.1 Å². The van der Waals surface area contributed by atoms with Crippen molar-refractivity contribution in [3.05, 3.63) is 0 Å². The minimum absolute atomic E-state index is 0.0540. The monoisotopic (exact) mass is 650 g/mol. The zero-order valence-electron chi connectivity index (χ0n) is 30.9. The van der Waals surface area contributed by atoms with E-state index < -0.39 is 0 Å². The van der Waals surface area contributed by atoms with Gasteiger partial charge in [0.2, 0.25) is 17.7 Å². The molecule has 3 amide bonds. The average molecular weight is 650 g/mol. The summed E-state index contributed by atoms with van der Waals surface area (Å²) in [4.78, 5) is 55.3. The van der Waals surface area contributed by atoms with Crippen LogP contribution in [0, 0.1) is 0 Å². The first-order valence-corrected chi connectivity index (χ1v) is 19.7. The Bertz CT molecular complexity index is 696. The van der Waals surface area contributed by atoms with Gasteiger partial charge in [-0.1, -0.05) is 130 Å². The lowest BCUT2D eigenvalue weighted by atomic mass is 10.1. The van der Waals surface area contributed by atoms with E-state index in [0.717, 1.165) is 64.2 Å². The van der Waals surface area contributed by atoms with Gasteiger partial charge in [0.1, 0.15) is 5.78 Å². The summed E-state index contributed by atoms with van der Waals surface area (Å²) >= 11 is 0. The van der Waals surface area contributed by atoms with Gasteiger partial charge in [0, 0.05) is 64.8 Å². The first kappa shape index (κ1) is 44.1. The van der Waals surface area contributed by atoms with Gasteiger partial charge in [-0.3, -0.25) is 19.2 Å². The van der Waals surface area contributed by atoms with Crippen LogP contribution in [0.1, 0.15) is 195 Å². The number of Topliss-reactive ketones (excluding diaryl/α,β-unsaturated/α-hetero) is 1. The van der Waals surface area contributed by atoms with E-state index in [1.54, 1.807) is 0 Å². The van der Waals surface area contributed by atoms with Gasteiger partial charge in [0.15, 0.2) is 0 Å². The highest BCUT2D eigenvalue weighted by Gasteiger charge is 2.19. The van der Waals surface area contributed by atoms with E-state index in [9.17, 15) is 19.2 Å². The molecule has 0 unspecified atom stereocenters. The van der Waals surface area contributed by atoms with Crippen molar-refractivity contribution in [3.8, 4) is 0 Å². The van der Waals surface area contributed by atoms with Gasteiger partial charge in [-0.2, -0.15) is 0 Å². The maximum Gasteiger partial charge on any atom is 0.222 e. The number of carbonyl (C=O) groups is 4. The Balaban J connectivity index is 5.12. The molecule has 0 aliphatic heterocycles. The van der Waals surface area contributed by atoms with Crippen molar-refractivity contribution < 1.29 is 19.2 Å². The number of hydrogen-bond donors (Lipinski definition) is 1. The molecule has 0 radical (unpaired) electrons. The van der Waals surface area contributed by atoms with Gasteiger partial charge >= 0.3 is 0 Å². The summed E-state index contributed by atoms with van der Waals surface area (Å²) in [5.41, 5.74) is 0. The molecule has 0 bridgehead atoms. The topological polar surface area (TPSA) is 86.8 Å². The molecule has 7 nitrogen and oxygen atoms in total. The quantitative estimate of drug-likeness (QED) is 0.0704. The molecule has 1 N–H and O–H groups in total. The number of hydrogen-bond acceptors (Lipinski definition) is 4. The van der Waals surface area contributed by atoms with E-state index >= 15 is 0 Å². The Morgan fingerprint density at radius 3 is 1.22 bits per heavy atom. The van der Waals surface area contributed by atoms with Gasteiger partial charge in [-0.25, -0.2) is 0 Å². The standard InChI is InChI=1S/C39H75N3O4/c1-5-9-13-17-21-26-36(43)27-25-32-41(38(45)29-23-19-15-11-7-3)34-35-42(39(46)30-24-20-16-12-8-4)33-31-40-37(44)28-22-18-14-10-6-2/h5-35H2,1-4H3,(H,40,44). The second-order valence-corrected chi connectivity index (χ2v) is 13.4. The van der Waals surface area contributed by atoms with Crippen molar-refractivity contribution in [2.75, 3.05) is 32.7 Å². The molecule has 0 saturated carbocycles. The Hall–Kier alpha value is -1.92. The summed E-state index contributed by atoms with van der Waals surface area (Å²) in [5.74, 6) is 0.588. The van der Waals surface area contributed by atoms with Crippen LogP contribution in [0.3, 0.4) is 0 Å². The third-order valence-corrected chi connectivity index (χ3v) is 8.99. The Kier molecular flexibility index (Phi) is 31.6. The molecule has 0 rings (SSSR count). The van der Waals surface area contributed by atoms with Crippen LogP contribution in [0.5, 0.6) is 0 Å². The second-order valence-electron chi connectivity index (χ2n) is 13.4. The molecule has 0 aromatic carbocycles. The fraction of sp³-hybridized carbons (Fsp3) is 0.897. The fourth-order valence-electron chi connectivity index (χ4n) is 5.87. The third kappa shape index (κ3) is 27.2. The summed E-state index contributed by atoms with van der Waals surface area (Å²) in [5, 5.41) is 3.02. The van der Waals surface area contributed by atoms with Crippen molar-refractivity contribution in [1.82, 2.24) is 15.1 Å². The molecule has 0 heterocycles. The lowest BCUT2D eigenvalue weighted by Crippen LogP contribution is -2.44. The third-order valence-electron chi connectivity index (χ3n) is 8.99. The molecule has 46 heavy (non-hydrogen) atoms. The smallest absolute Gasteiger partial charge is 0.222 e. The minimum Gasteiger partial charge on any atom is -0.354 e. The molecular formula is C39H75N3O4. The zero-order valence-corrected chi connectivity index (χ0v) is 30.9. The van der Waals surface area contributed by atoms with E-state index in [1.165, 1.54) is 64.2 Å². The fourth-order valence-corrected chi connectivity index (χ4v) is 5.87. The molecule has 7 heteroatoms. The Labute approximate surface area is 284 Å². The van der Waals surface area contributed by atoms with E-state index in [4.69, 9.17) is 0 Å².